The van der Waals surface area contributed by atoms with Crippen molar-refractivity contribution >= 4 is 0 Å². The van der Waals surface area contributed by atoms with E-state index >= 15 is 0 Å². The van der Waals surface area contributed by atoms with E-state index in [-0.39, 0.29) is 49.6 Å². The largest absolute Gasteiger partial charge is 0.672 e. The molecule has 0 aromatic rings. The summed E-state index contributed by atoms with van der Waals surface area (Å²) in [7, 11) is 0. The Hall–Kier alpha value is 1.40. The Kier molecular flexibility index (Phi) is 15.8. The average molecular weight is 439 g/mol. The minimum Gasteiger partial charge on any atom is -0.672 e. The molecule has 16 heavy (non-hydrogen) atoms. The van der Waals surface area contributed by atoms with Gasteiger partial charge < -0.3 is 5.73 Å². The van der Waals surface area contributed by atoms with Gasteiger partial charge in [-0.05, 0) is 0 Å². The molecule has 0 aliphatic carbocycles. The molecule has 0 aromatic heterocycles. The van der Waals surface area contributed by atoms with E-state index in [9.17, 15) is 0 Å². The third-order valence-corrected chi connectivity index (χ3v) is 2.91. The van der Waals surface area contributed by atoms with Gasteiger partial charge in [-0.25, -0.2) is 0 Å². The van der Waals surface area contributed by atoms with Gasteiger partial charge in [-0.15, -0.1) is 5.54 Å². The molecule has 1 N–H and O–H groups in total. The van der Waals surface area contributed by atoms with Gasteiger partial charge in [-0.1, -0.05) is 85.0 Å². The molecule has 1 radical (unpaired) electrons. The topological polar surface area (TPSA) is 23.8 Å². The van der Waals surface area contributed by atoms with Crippen molar-refractivity contribution in [1.29, 1.82) is 0 Å². The van der Waals surface area contributed by atoms with E-state index in [1.165, 1.54) is 57.8 Å². The molecule has 0 aromatic carbocycles. The summed E-state index contributed by atoms with van der Waals surface area (Å²) >= 11 is 0. The quantitative estimate of drug-likeness (QED) is 0.388. The van der Waals surface area contributed by atoms with E-state index in [1.807, 2.05) is 13.8 Å². The van der Waals surface area contributed by atoms with Gasteiger partial charge in [0.05, 0.1) is 0 Å². The Bertz CT molecular complexity index is 129. The van der Waals surface area contributed by atoms with E-state index in [0.29, 0.717) is 0 Å². The number of nitrogens with one attached hydrogen (secondary N) is 1. The number of hydrogen-bond acceptors (Lipinski definition) is 0. The maximum Gasteiger partial charge on any atom is 0 e. The zero-order chi connectivity index (χ0) is 11.6. The summed E-state index contributed by atoms with van der Waals surface area (Å²) in [6.45, 7) is 6.29. The maximum atomic E-state index is 7.72. The van der Waals surface area contributed by atoms with Crippen molar-refractivity contribution in [1.82, 2.24) is 0 Å². The predicted octanol–water partition coefficient (Wildman–Crippen LogP) is 5.74. The monoisotopic (exact) mass is 439 g/mol. The molecular weight excluding hydrogens is 409 g/mol. The second kappa shape index (κ2) is 12.8. The fraction of sp³-hybridized carbons (Fsp3) is 1.00. The van der Waals surface area contributed by atoms with Gasteiger partial charge in [0, 0.05) is 44.1 Å². The zero-order valence-corrected chi connectivity index (χ0v) is 16.4. The molecule has 0 aliphatic rings. The Morgan fingerprint density at radius 3 is 1.50 bits per heavy atom. The fourth-order valence-corrected chi connectivity index (χ4v) is 1.88. The zero-order valence-electron chi connectivity index (χ0n) is 11.6. The van der Waals surface area contributed by atoms with E-state index < -0.39 is 0 Å². The minimum absolute atomic E-state index is 0. The number of hydrogen-bond donors (Lipinski definition) is 0. The Balaban J connectivity index is 0. The van der Waals surface area contributed by atoms with Crippen molar-refractivity contribution in [3.63, 3.8) is 0 Å². The van der Waals surface area contributed by atoms with Gasteiger partial charge in [0.2, 0.25) is 0 Å². The molecule has 0 atom stereocenters. The summed E-state index contributed by atoms with van der Waals surface area (Å²) in [4.78, 5) is 0. The van der Waals surface area contributed by atoms with Gasteiger partial charge in [0.1, 0.15) is 0 Å². The molecule has 0 aliphatic heterocycles. The minimum atomic E-state index is -0.207. The van der Waals surface area contributed by atoms with E-state index in [1.54, 1.807) is 0 Å². The molecule has 0 fully saturated rings. The smallest absolute Gasteiger partial charge is 0 e. The standard InChI is InChI=1S/C14H30N.Ac/c1-4-5-6-7-8-9-10-11-12-13-14(2,3)15;/h15H,4-13H2,1-3H3;/q-1;. The summed E-state index contributed by atoms with van der Waals surface area (Å²) < 4.78 is 0. The molecule has 0 saturated heterocycles. The van der Waals surface area contributed by atoms with Crippen LogP contribution in [0.5, 0.6) is 0 Å². The maximum absolute atomic E-state index is 7.72. The van der Waals surface area contributed by atoms with Crippen LogP contribution in [0.1, 0.15) is 85.0 Å². The molecule has 0 unspecified atom stereocenters. The van der Waals surface area contributed by atoms with Crippen molar-refractivity contribution in [2.75, 3.05) is 0 Å². The van der Waals surface area contributed by atoms with Gasteiger partial charge in [-0.2, -0.15) is 0 Å². The molecule has 0 amide bonds. The third kappa shape index (κ3) is 17.8. The SMILES string of the molecule is CCCCCCCCCCCC(C)(C)[NH-].[Ac]. The summed E-state index contributed by atoms with van der Waals surface area (Å²) in [6.07, 6.45) is 13.4. The summed E-state index contributed by atoms with van der Waals surface area (Å²) in [5.74, 6) is 0. The van der Waals surface area contributed by atoms with Crippen LogP contribution < -0.4 is 0 Å². The van der Waals surface area contributed by atoms with Crippen LogP contribution in [0.3, 0.4) is 0 Å². The Labute approximate surface area is 139 Å². The summed E-state index contributed by atoms with van der Waals surface area (Å²) in [5.41, 5.74) is 7.52. The molecule has 0 spiro atoms. The van der Waals surface area contributed by atoms with Crippen LogP contribution in [0.15, 0.2) is 0 Å². The molecular formula is C14H30AcN-. The first-order valence-electron chi connectivity index (χ1n) is 6.81. The molecule has 0 bridgehead atoms. The normalized spacial score (nSPS) is 11.2. The van der Waals surface area contributed by atoms with Crippen LogP contribution in [0, 0.1) is 44.1 Å². The molecule has 0 saturated carbocycles. The third-order valence-electron chi connectivity index (χ3n) is 2.91. The second-order valence-electron chi connectivity index (χ2n) is 5.46. The first kappa shape index (κ1) is 19.7. The van der Waals surface area contributed by atoms with Crippen molar-refractivity contribution in [3.8, 4) is 0 Å². The molecule has 95 valence electrons. The first-order valence-corrected chi connectivity index (χ1v) is 6.81. The van der Waals surface area contributed by atoms with Crippen LogP contribution in [-0.2, 0) is 0 Å². The molecule has 1 nitrogen and oxygen atoms in total. The fourth-order valence-electron chi connectivity index (χ4n) is 1.88. The van der Waals surface area contributed by atoms with Crippen molar-refractivity contribution in [2.24, 2.45) is 0 Å². The Morgan fingerprint density at radius 1 is 0.750 bits per heavy atom. The van der Waals surface area contributed by atoms with E-state index in [4.69, 9.17) is 5.73 Å². The van der Waals surface area contributed by atoms with Crippen LogP contribution in [0.4, 0.5) is 0 Å². The van der Waals surface area contributed by atoms with Crippen molar-refractivity contribution < 1.29 is 44.1 Å². The van der Waals surface area contributed by atoms with Crippen molar-refractivity contribution in [3.05, 3.63) is 5.73 Å². The predicted molar refractivity (Wildman–Crippen MR) is 70.2 cm³/mol. The van der Waals surface area contributed by atoms with Crippen LogP contribution in [-0.4, -0.2) is 5.54 Å². The number of unbranched alkanes of at least 4 members (excludes halogenated alkanes) is 8. The second-order valence-corrected chi connectivity index (χ2v) is 5.46. The van der Waals surface area contributed by atoms with Crippen LogP contribution in [0.2, 0.25) is 0 Å². The molecule has 0 heterocycles. The summed E-state index contributed by atoms with van der Waals surface area (Å²) in [5, 5.41) is 0. The van der Waals surface area contributed by atoms with Gasteiger partial charge in [0.25, 0.3) is 0 Å². The average Bonchev–Trinajstić information content (AvgIpc) is 2.14. The van der Waals surface area contributed by atoms with Crippen LogP contribution >= 0.6 is 0 Å². The van der Waals surface area contributed by atoms with E-state index in [0.717, 1.165) is 6.42 Å². The molecule has 0 rings (SSSR count). The molecule has 2 heteroatoms. The van der Waals surface area contributed by atoms with Crippen molar-refractivity contribution in [2.45, 2.75) is 90.5 Å². The van der Waals surface area contributed by atoms with Gasteiger partial charge in [0.15, 0.2) is 0 Å². The van der Waals surface area contributed by atoms with E-state index in [2.05, 4.69) is 6.92 Å². The van der Waals surface area contributed by atoms with Crippen LogP contribution in [0.25, 0.3) is 5.73 Å². The Morgan fingerprint density at radius 2 is 1.12 bits per heavy atom. The summed E-state index contributed by atoms with van der Waals surface area (Å²) in [6, 6.07) is 0. The first-order chi connectivity index (χ1) is 7.06. The number of rotatable bonds is 10. The van der Waals surface area contributed by atoms with Gasteiger partial charge in [-0.3, -0.25) is 0 Å². The van der Waals surface area contributed by atoms with Gasteiger partial charge >= 0.3 is 0 Å².